The van der Waals surface area contributed by atoms with E-state index in [1.165, 1.54) is 6.07 Å². The van der Waals surface area contributed by atoms with Gasteiger partial charge in [-0.15, -0.1) is 0 Å². The molecule has 0 aliphatic carbocycles. The molecule has 0 spiro atoms. The quantitative estimate of drug-likeness (QED) is 0.822. The van der Waals surface area contributed by atoms with E-state index in [1.54, 1.807) is 24.9 Å². The second-order valence-corrected chi connectivity index (χ2v) is 7.82. The number of carbonyl (C=O) groups is 2. The molecule has 0 aromatic heterocycles. The van der Waals surface area contributed by atoms with Crippen molar-refractivity contribution in [3.05, 3.63) is 29.1 Å². The number of aliphatic hydroxyl groups is 1. The Morgan fingerprint density at radius 1 is 1.37 bits per heavy atom. The molecular formula is C20H28FN3O3. The van der Waals surface area contributed by atoms with E-state index >= 15 is 0 Å². The average Bonchev–Trinajstić information content (AvgIpc) is 2.61. The van der Waals surface area contributed by atoms with Gasteiger partial charge in [-0.05, 0) is 62.9 Å². The number of hydrogen-bond acceptors (Lipinski definition) is 4. The first-order valence-corrected chi connectivity index (χ1v) is 9.61. The van der Waals surface area contributed by atoms with Crippen molar-refractivity contribution in [1.29, 1.82) is 0 Å². The molecule has 7 heteroatoms. The average molecular weight is 377 g/mol. The van der Waals surface area contributed by atoms with Crippen LogP contribution in [-0.4, -0.2) is 66.1 Å². The SMILES string of the molecule is CC(O)CN1CCC(CN(C)C(=O)c2cc3c(cc2F)NC(=O)CC3)CC1. The molecule has 2 aliphatic rings. The highest BCUT2D eigenvalue weighted by Crippen LogP contribution is 2.27. The lowest BCUT2D eigenvalue weighted by atomic mass is 9.95. The predicted octanol–water partition coefficient (Wildman–Crippen LogP) is 1.88. The van der Waals surface area contributed by atoms with Gasteiger partial charge in [0.25, 0.3) is 5.91 Å². The van der Waals surface area contributed by atoms with Crippen LogP contribution in [0, 0.1) is 11.7 Å². The van der Waals surface area contributed by atoms with Gasteiger partial charge < -0.3 is 20.2 Å². The standard InChI is InChI=1S/C20H28FN3O3/c1-13(25)11-24-7-5-14(6-8-24)12-23(2)20(27)16-9-15-3-4-19(26)22-18(15)10-17(16)21/h9-10,13-14,25H,3-8,11-12H2,1-2H3,(H,22,26). The van der Waals surface area contributed by atoms with Gasteiger partial charge >= 0.3 is 0 Å². The normalized spacial score (nSPS) is 19.3. The Kier molecular flexibility index (Phi) is 6.11. The summed E-state index contributed by atoms with van der Waals surface area (Å²) in [5.41, 5.74) is 1.34. The second kappa shape index (κ2) is 8.35. The van der Waals surface area contributed by atoms with Crippen LogP contribution in [0.2, 0.25) is 0 Å². The summed E-state index contributed by atoms with van der Waals surface area (Å²) in [6.07, 6.45) is 2.47. The van der Waals surface area contributed by atoms with Crippen molar-refractivity contribution < 1.29 is 19.1 Å². The number of halogens is 1. The first-order valence-electron chi connectivity index (χ1n) is 9.61. The van der Waals surface area contributed by atoms with Crippen LogP contribution in [0.15, 0.2) is 12.1 Å². The van der Waals surface area contributed by atoms with Crippen LogP contribution in [-0.2, 0) is 11.2 Å². The van der Waals surface area contributed by atoms with Gasteiger partial charge in [0.05, 0.1) is 11.7 Å². The molecule has 6 nitrogen and oxygen atoms in total. The fraction of sp³-hybridized carbons (Fsp3) is 0.600. The van der Waals surface area contributed by atoms with E-state index in [2.05, 4.69) is 10.2 Å². The van der Waals surface area contributed by atoms with Gasteiger partial charge in [-0.3, -0.25) is 9.59 Å². The number of amides is 2. The summed E-state index contributed by atoms with van der Waals surface area (Å²) >= 11 is 0. The van der Waals surface area contributed by atoms with Crippen molar-refractivity contribution in [3.63, 3.8) is 0 Å². The molecular weight excluding hydrogens is 349 g/mol. The summed E-state index contributed by atoms with van der Waals surface area (Å²) in [5, 5.41) is 12.1. The number of benzene rings is 1. The number of nitrogens with one attached hydrogen (secondary N) is 1. The zero-order valence-corrected chi connectivity index (χ0v) is 16.0. The molecule has 27 heavy (non-hydrogen) atoms. The zero-order chi connectivity index (χ0) is 19.6. The number of rotatable bonds is 5. The predicted molar refractivity (Wildman–Crippen MR) is 101 cm³/mol. The van der Waals surface area contributed by atoms with Crippen molar-refractivity contribution in [3.8, 4) is 0 Å². The minimum atomic E-state index is -0.598. The Hall–Kier alpha value is -1.99. The summed E-state index contributed by atoms with van der Waals surface area (Å²) in [7, 11) is 1.71. The largest absolute Gasteiger partial charge is 0.392 e. The summed E-state index contributed by atoms with van der Waals surface area (Å²) < 4.78 is 14.4. The van der Waals surface area contributed by atoms with E-state index in [0.717, 1.165) is 31.5 Å². The van der Waals surface area contributed by atoms with Crippen LogP contribution in [0.1, 0.15) is 42.1 Å². The van der Waals surface area contributed by atoms with Crippen molar-refractivity contribution in [2.45, 2.75) is 38.7 Å². The number of carbonyl (C=O) groups excluding carboxylic acids is 2. The Morgan fingerprint density at radius 3 is 2.74 bits per heavy atom. The highest BCUT2D eigenvalue weighted by Gasteiger charge is 2.26. The maximum Gasteiger partial charge on any atom is 0.256 e. The van der Waals surface area contributed by atoms with Crippen molar-refractivity contribution >= 4 is 17.5 Å². The maximum absolute atomic E-state index is 14.4. The molecule has 3 rings (SSSR count). The van der Waals surface area contributed by atoms with Gasteiger partial charge in [0.2, 0.25) is 5.91 Å². The highest BCUT2D eigenvalue weighted by atomic mass is 19.1. The second-order valence-electron chi connectivity index (χ2n) is 7.82. The third-order valence-corrected chi connectivity index (χ3v) is 5.43. The molecule has 1 aromatic rings. The fourth-order valence-corrected chi connectivity index (χ4v) is 3.97. The van der Waals surface area contributed by atoms with E-state index in [-0.39, 0.29) is 23.5 Å². The molecule has 1 unspecified atom stereocenters. The monoisotopic (exact) mass is 377 g/mol. The summed E-state index contributed by atoms with van der Waals surface area (Å²) in [6.45, 7) is 4.87. The lowest BCUT2D eigenvalue weighted by Crippen LogP contribution is -2.41. The van der Waals surface area contributed by atoms with Gasteiger partial charge in [0, 0.05) is 32.2 Å². The third kappa shape index (κ3) is 4.84. The van der Waals surface area contributed by atoms with Crippen LogP contribution in [0.25, 0.3) is 0 Å². The van der Waals surface area contributed by atoms with Crippen molar-refractivity contribution in [2.75, 3.05) is 38.5 Å². The lowest BCUT2D eigenvalue weighted by molar-refractivity contribution is -0.116. The number of fused-ring (bicyclic) bond motifs is 1. The Bertz CT molecular complexity index is 715. The number of aryl methyl sites for hydroxylation is 1. The third-order valence-electron chi connectivity index (χ3n) is 5.43. The Balaban J connectivity index is 1.60. The topological polar surface area (TPSA) is 72.9 Å². The van der Waals surface area contributed by atoms with Crippen LogP contribution in [0.3, 0.4) is 0 Å². The van der Waals surface area contributed by atoms with Crippen LogP contribution in [0.5, 0.6) is 0 Å². The van der Waals surface area contributed by atoms with Crippen LogP contribution < -0.4 is 5.32 Å². The molecule has 0 saturated carbocycles. The number of hydrogen-bond donors (Lipinski definition) is 2. The molecule has 2 aliphatic heterocycles. The van der Waals surface area contributed by atoms with Crippen LogP contribution >= 0.6 is 0 Å². The van der Waals surface area contributed by atoms with Gasteiger partial charge in [-0.1, -0.05) is 0 Å². The highest BCUT2D eigenvalue weighted by molar-refractivity contribution is 5.98. The maximum atomic E-state index is 14.4. The van der Waals surface area contributed by atoms with Gasteiger partial charge in [-0.25, -0.2) is 4.39 Å². The smallest absolute Gasteiger partial charge is 0.256 e. The molecule has 0 bridgehead atoms. The van der Waals surface area contributed by atoms with Gasteiger partial charge in [0.1, 0.15) is 5.82 Å². The minimum absolute atomic E-state index is 0.0685. The van der Waals surface area contributed by atoms with E-state index in [1.807, 2.05) is 0 Å². The van der Waals surface area contributed by atoms with E-state index < -0.39 is 5.82 Å². The Morgan fingerprint density at radius 2 is 2.07 bits per heavy atom. The molecule has 1 aromatic carbocycles. The van der Waals surface area contributed by atoms with Crippen LogP contribution in [0.4, 0.5) is 10.1 Å². The van der Waals surface area contributed by atoms with E-state index in [4.69, 9.17) is 0 Å². The molecule has 2 heterocycles. The number of aliphatic hydroxyl groups excluding tert-OH is 1. The first-order chi connectivity index (χ1) is 12.8. The van der Waals surface area contributed by atoms with E-state index in [9.17, 15) is 19.1 Å². The number of piperidine rings is 1. The van der Waals surface area contributed by atoms with Gasteiger partial charge in [-0.2, -0.15) is 0 Å². The van der Waals surface area contributed by atoms with Crippen molar-refractivity contribution in [2.24, 2.45) is 5.92 Å². The Labute approximate surface area is 159 Å². The fourth-order valence-electron chi connectivity index (χ4n) is 3.97. The minimum Gasteiger partial charge on any atom is -0.392 e. The number of β-amino-alcohol motifs (C(OH)–C–C–N with tert-alkyl or cyclic N) is 1. The summed E-state index contributed by atoms with van der Waals surface area (Å²) in [4.78, 5) is 28.0. The van der Waals surface area contributed by atoms with Crippen molar-refractivity contribution in [1.82, 2.24) is 9.80 Å². The number of likely N-dealkylation sites (tertiary alicyclic amines) is 1. The molecule has 148 valence electrons. The number of nitrogens with zero attached hydrogens (tertiary/aromatic N) is 2. The molecule has 1 fully saturated rings. The summed E-state index contributed by atoms with van der Waals surface area (Å²) in [5.74, 6) is -0.664. The van der Waals surface area contributed by atoms with Gasteiger partial charge in [0.15, 0.2) is 0 Å². The molecule has 1 saturated heterocycles. The first kappa shape index (κ1) is 19.8. The molecule has 0 radical (unpaired) electrons. The lowest BCUT2D eigenvalue weighted by Gasteiger charge is -2.34. The zero-order valence-electron chi connectivity index (χ0n) is 16.0. The molecule has 2 N–H and O–H groups in total. The summed E-state index contributed by atoms with van der Waals surface area (Å²) in [6, 6.07) is 2.83. The van der Waals surface area contributed by atoms with E-state index in [0.29, 0.717) is 37.5 Å². The molecule has 2 amide bonds. The molecule has 1 atom stereocenters. The number of anilines is 1.